The maximum absolute atomic E-state index is 12.6. The van der Waals surface area contributed by atoms with E-state index in [0.29, 0.717) is 29.5 Å². The second-order valence-corrected chi connectivity index (χ2v) is 7.53. The first-order chi connectivity index (χ1) is 16.8. The summed E-state index contributed by atoms with van der Waals surface area (Å²) in [5.74, 6) is -1.55. The molecule has 3 amide bonds. The van der Waals surface area contributed by atoms with E-state index in [-0.39, 0.29) is 18.5 Å². The predicted octanol–water partition coefficient (Wildman–Crippen LogP) is 1.78. The van der Waals surface area contributed by atoms with Crippen LogP contribution >= 0.6 is 0 Å². The number of hydrazine groups is 1. The summed E-state index contributed by atoms with van der Waals surface area (Å²) < 4.78 is 20.7. The highest BCUT2D eigenvalue weighted by Crippen LogP contribution is 2.27. The van der Waals surface area contributed by atoms with Gasteiger partial charge in [0, 0.05) is 17.7 Å². The Morgan fingerprint density at radius 3 is 2.40 bits per heavy atom. The number of rotatable bonds is 10. The molecule has 0 aromatic heterocycles. The quantitative estimate of drug-likeness (QED) is 0.487. The highest BCUT2D eigenvalue weighted by Gasteiger charge is 2.36. The van der Waals surface area contributed by atoms with Crippen LogP contribution < -0.4 is 25.0 Å². The predicted molar refractivity (Wildman–Crippen MR) is 124 cm³/mol. The smallest absolute Gasteiger partial charge is 0.311 e. The average Bonchev–Trinajstić information content (AvgIpc) is 3.23. The summed E-state index contributed by atoms with van der Waals surface area (Å²) in [5.41, 5.74) is 3.25. The molecule has 2 aromatic rings. The lowest BCUT2D eigenvalue weighted by Gasteiger charge is -2.18. The van der Waals surface area contributed by atoms with Gasteiger partial charge >= 0.3 is 5.97 Å². The van der Waals surface area contributed by atoms with Gasteiger partial charge in [-0.3, -0.25) is 29.6 Å². The van der Waals surface area contributed by atoms with Crippen molar-refractivity contribution in [3.8, 4) is 17.2 Å². The molecule has 0 saturated carbocycles. The van der Waals surface area contributed by atoms with Crippen molar-refractivity contribution in [2.75, 3.05) is 39.3 Å². The van der Waals surface area contributed by atoms with Crippen LogP contribution in [-0.4, -0.2) is 62.7 Å². The van der Waals surface area contributed by atoms with Gasteiger partial charge in [0.2, 0.25) is 5.91 Å². The Morgan fingerprint density at radius 2 is 1.74 bits per heavy atom. The van der Waals surface area contributed by atoms with Crippen molar-refractivity contribution in [1.82, 2.24) is 10.4 Å². The molecule has 11 heteroatoms. The second-order valence-electron chi connectivity index (χ2n) is 7.53. The zero-order valence-electron chi connectivity index (χ0n) is 19.7. The minimum absolute atomic E-state index is 0.0722. The van der Waals surface area contributed by atoms with E-state index < -0.39 is 36.2 Å². The molecule has 2 N–H and O–H groups in total. The molecule has 0 bridgehead atoms. The van der Waals surface area contributed by atoms with Crippen LogP contribution in [0.5, 0.6) is 17.2 Å². The fourth-order valence-electron chi connectivity index (χ4n) is 3.39. The Morgan fingerprint density at radius 1 is 1.03 bits per heavy atom. The fourth-order valence-corrected chi connectivity index (χ4v) is 3.39. The fraction of sp³-hybridized carbons (Fsp3) is 0.333. The molecule has 11 nitrogen and oxygen atoms in total. The van der Waals surface area contributed by atoms with Crippen molar-refractivity contribution in [2.24, 2.45) is 5.92 Å². The minimum Gasteiger partial charge on any atom is -0.494 e. The maximum Gasteiger partial charge on any atom is 0.311 e. The topological polar surface area (TPSA) is 132 Å². The molecular formula is C24H27N3O8. The third kappa shape index (κ3) is 6.62. The number of nitrogens with zero attached hydrogens (tertiary/aromatic N) is 1. The Labute approximate surface area is 202 Å². The number of esters is 1. The van der Waals surface area contributed by atoms with E-state index in [4.69, 9.17) is 18.9 Å². The highest BCUT2D eigenvalue weighted by molar-refractivity contribution is 5.97. The summed E-state index contributed by atoms with van der Waals surface area (Å²) in [5, 5.41) is 3.67. The zero-order chi connectivity index (χ0) is 25.4. The number of benzene rings is 2. The van der Waals surface area contributed by atoms with E-state index in [1.165, 1.54) is 26.4 Å². The monoisotopic (exact) mass is 485 g/mol. The van der Waals surface area contributed by atoms with Crippen molar-refractivity contribution >= 4 is 29.4 Å². The van der Waals surface area contributed by atoms with Gasteiger partial charge in [0.05, 0.1) is 33.3 Å². The molecule has 0 radical (unpaired) electrons. The van der Waals surface area contributed by atoms with Crippen molar-refractivity contribution in [3.05, 3.63) is 48.0 Å². The first-order valence-corrected chi connectivity index (χ1v) is 10.9. The lowest BCUT2D eigenvalue weighted by atomic mass is 10.1. The first-order valence-electron chi connectivity index (χ1n) is 10.9. The van der Waals surface area contributed by atoms with E-state index in [2.05, 4.69) is 10.7 Å². The molecule has 0 unspecified atom stereocenters. The van der Waals surface area contributed by atoms with Crippen molar-refractivity contribution in [3.63, 3.8) is 0 Å². The van der Waals surface area contributed by atoms with Crippen LogP contribution in [0.15, 0.2) is 42.5 Å². The summed E-state index contributed by atoms with van der Waals surface area (Å²) in [6, 6.07) is 11.3. The number of methoxy groups -OCH3 is 2. The van der Waals surface area contributed by atoms with Gasteiger partial charge in [-0.15, -0.1) is 0 Å². The normalized spacial score (nSPS) is 14.8. The molecule has 35 heavy (non-hydrogen) atoms. The molecule has 1 aliphatic heterocycles. The van der Waals surface area contributed by atoms with Gasteiger partial charge in [0.15, 0.2) is 18.1 Å². The van der Waals surface area contributed by atoms with Gasteiger partial charge in [0.25, 0.3) is 11.8 Å². The molecule has 1 fully saturated rings. The van der Waals surface area contributed by atoms with E-state index in [1.807, 2.05) is 6.92 Å². The van der Waals surface area contributed by atoms with E-state index in [1.54, 1.807) is 30.3 Å². The van der Waals surface area contributed by atoms with E-state index in [0.717, 1.165) is 5.01 Å². The average molecular weight is 485 g/mol. The maximum atomic E-state index is 12.6. The number of carbonyl (C=O) groups is 4. The minimum atomic E-state index is -0.813. The Hall–Kier alpha value is -4.28. The summed E-state index contributed by atoms with van der Waals surface area (Å²) in [6.45, 7) is 1.82. The summed E-state index contributed by atoms with van der Waals surface area (Å²) >= 11 is 0. The molecule has 0 aliphatic carbocycles. The summed E-state index contributed by atoms with van der Waals surface area (Å²) in [4.78, 5) is 49.3. The van der Waals surface area contributed by atoms with Gasteiger partial charge in [-0.25, -0.2) is 0 Å². The van der Waals surface area contributed by atoms with Crippen LogP contribution in [-0.2, 0) is 19.1 Å². The molecular weight excluding hydrogens is 458 g/mol. The van der Waals surface area contributed by atoms with Gasteiger partial charge < -0.3 is 24.3 Å². The number of hydrogen-bond donors (Lipinski definition) is 2. The number of carbonyl (C=O) groups excluding carboxylic acids is 4. The SMILES string of the molecule is CCOc1ccc(NC(=O)COC(=O)[C@H]2CC(=O)N(NC(=O)c3ccc(OC)c(OC)c3)C2)cc1. The number of anilines is 1. The lowest BCUT2D eigenvalue weighted by molar-refractivity contribution is -0.151. The third-order valence-corrected chi connectivity index (χ3v) is 5.14. The lowest BCUT2D eigenvalue weighted by Crippen LogP contribution is -2.43. The van der Waals surface area contributed by atoms with Crippen LogP contribution in [0.1, 0.15) is 23.7 Å². The molecule has 0 spiro atoms. The molecule has 3 rings (SSSR count). The molecule has 1 heterocycles. The van der Waals surface area contributed by atoms with Crippen LogP contribution in [0.4, 0.5) is 5.69 Å². The largest absolute Gasteiger partial charge is 0.494 e. The van der Waals surface area contributed by atoms with Crippen molar-refractivity contribution in [2.45, 2.75) is 13.3 Å². The summed E-state index contributed by atoms with van der Waals surface area (Å²) in [6.07, 6.45) is -0.147. The Balaban J connectivity index is 1.48. The number of ether oxygens (including phenoxy) is 4. The van der Waals surface area contributed by atoms with Crippen LogP contribution in [0.3, 0.4) is 0 Å². The van der Waals surface area contributed by atoms with Gasteiger partial charge in [-0.1, -0.05) is 0 Å². The van der Waals surface area contributed by atoms with E-state index >= 15 is 0 Å². The van der Waals surface area contributed by atoms with Gasteiger partial charge in [-0.2, -0.15) is 0 Å². The third-order valence-electron chi connectivity index (χ3n) is 5.14. The van der Waals surface area contributed by atoms with E-state index in [9.17, 15) is 19.2 Å². The molecule has 1 aliphatic rings. The van der Waals surface area contributed by atoms with Crippen molar-refractivity contribution < 1.29 is 38.1 Å². The highest BCUT2D eigenvalue weighted by atomic mass is 16.5. The molecule has 2 aromatic carbocycles. The van der Waals surface area contributed by atoms with Gasteiger partial charge in [-0.05, 0) is 49.4 Å². The zero-order valence-corrected chi connectivity index (χ0v) is 19.7. The number of nitrogens with one attached hydrogen (secondary N) is 2. The van der Waals surface area contributed by atoms with Crippen LogP contribution in [0, 0.1) is 5.92 Å². The standard InChI is InChI=1S/C24H27N3O8/c1-4-34-18-8-6-17(7-9-18)25-21(28)14-35-24(31)16-12-22(29)27(13-16)26-23(30)15-5-10-19(32-2)20(11-15)33-3/h5-11,16H,4,12-14H2,1-3H3,(H,25,28)(H,26,30)/t16-/m0/s1. The molecule has 1 saturated heterocycles. The Kier molecular flexibility index (Phi) is 8.49. The van der Waals surface area contributed by atoms with Crippen LogP contribution in [0.2, 0.25) is 0 Å². The van der Waals surface area contributed by atoms with Crippen molar-refractivity contribution in [1.29, 1.82) is 0 Å². The molecule has 186 valence electrons. The Bertz CT molecular complexity index is 1090. The first kappa shape index (κ1) is 25.3. The molecule has 1 atom stereocenters. The van der Waals surface area contributed by atoms with Crippen LogP contribution in [0.25, 0.3) is 0 Å². The van der Waals surface area contributed by atoms with Gasteiger partial charge in [0.1, 0.15) is 5.75 Å². The number of hydrogen-bond acceptors (Lipinski definition) is 8. The second kappa shape index (κ2) is 11.7. The summed E-state index contributed by atoms with van der Waals surface area (Å²) in [7, 11) is 2.92. The number of amides is 3.